The van der Waals surface area contributed by atoms with E-state index in [1.165, 1.54) is 21.1 Å². The van der Waals surface area contributed by atoms with Crippen LogP contribution in [-0.2, 0) is 16.0 Å². The fraction of sp³-hybridized carbons (Fsp3) is 0.556. The Hall–Kier alpha value is -3.12. The molecule has 0 aromatic carbocycles. The summed E-state index contributed by atoms with van der Waals surface area (Å²) >= 11 is 0. The lowest BCUT2D eigenvalue weighted by Crippen LogP contribution is -2.31. The standard InChI is InChI=1S/C18H26N6O6/c1-4-8-23-13-14(24(17(23)26)12-7-6-11(9-25)30-12)20-16(19)21-15(13)29-10-22(3)18(27)28-5-2/h4,11-12,25H,1,5-10H2,2-3H3,(H2,19,20,21)/t11-,12?/m0/s1. The maximum absolute atomic E-state index is 13.1. The Balaban J connectivity index is 2.04. The summed E-state index contributed by atoms with van der Waals surface area (Å²) in [4.78, 5) is 34.5. The van der Waals surface area contributed by atoms with E-state index in [-0.39, 0.29) is 50.1 Å². The van der Waals surface area contributed by atoms with Gasteiger partial charge in [0.1, 0.15) is 6.23 Å². The number of fused-ring (bicyclic) bond motifs is 1. The van der Waals surface area contributed by atoms with Gasteiger partial charge in [-0.25, -0.2) is 14.2 Å². The molecule has 0 bridgehead atoms. The molecule has 1 unspecified atom stereocenters. The number of carbonyl (C=O) groups excluding carboxylic acids is 1. The number of nitrogens with zero attached hydrogens (tertiary/aromatic N) is 5. The molecule has 3 rings (SSSR count). The van der Waals surface area contributed by atoms with Crippen molar-refractivity contribution in [3.63, 3.8) is 0 Å². The largest absolute Gasteiger partial charge is 0.454 e. The number of carbonyl (C=O) groups is 1. The Kier molecular flexibility index (Phi) is 6.57. The highest BCUT2D eigenvalue weighted by molar-refractivity contribution is 5.79. The van der Waals surface area contributed by atoms with Crippen molar-refractivity contribution in [2.24, 2.45) is 0 Å². The number of hydrogen-bond acceptors (Lipinski definition) is 9. The Bertz CT molecular complexity index is 986. The molecule has 164 valence electrons. The average molecular weight is 422 g/mol. The number of aromatic nitrogens is 4. The summed E-state index contributed by atoms with van der Waals surface area (Å²) in [7, 11) is 1.50. The number of rotatable bonds is 8. The van der Waals surface area contributed by atoms with Gasteiger partial charge >= 0.3 is 11.8 Å². The molecule has 12 heteroatoms. The first-order chi connectivity index (χ1) is 14.4. The minimum absolute atomic E-state index is 0.0445. The maximum atomic E-state index is 13.1. The van der Waals surface area contributed by atoms with E-state index >= 15 is 0 Å². The molecule has 1 amide bonds. The van der Waals surface area contributed by atoms with Crippen LogP contribution in [0.25, 0.3) is 11.2 Å². The van der Waals surface area contributed by atoms with Crippen LogP contribution in [0.5, 0.6) is 5.88 Å². The number of hydrogen-bond donors (Lipinski definition) is 2. The third kappa shape index (κ3) is 4.09. The average Bonchev–Trinajstić information content (AvgIpc) is 3.29. The molecule has 2 aromatic heterocycles. The Labute approximate surface area is 172 Å². The van der Waals surface area contributed by atoms with Crippen molar-refractivity contribution in [3.8, 4) is 5.88 Å². The zero-order valence-corrected chi connectivity index (χ0v) is 17.0. The van der Waals surface area contributed by atoms with Crippen LogP contribution in [0.1, 0.15) is 26.0 Å². The second kappa shape index (κ2) is 9.13. The lowest BCUT2D eigenvalue weighted by Gasteiger charge is -2.17. The zero-order valence-electron chi connectivity index (χ0n) is 17.0. The van der Waals surface area contributed by atoms with Gasteiger partial charge in [0.05, 0.1) is 19.3 Å². The third-order valence-electron chi connectivity index (χ3n) is 4.65. The van der Waals surface area contributed by atoms with Crippen LogP contribution < -0.4 is 16.2 Å². The van der Waals surface area contributed by atoms with Crippen LogP contribution in [-0.4, -0.2) is 68.3 Å². The topological polar surface area (TPSA) is 147 Å². The molecule has 0 saturated carbocycles. The predicted molar refractivity (Wildman–Crippen MR) is 107 cm³/mol. The van der Waals surface area contributed by atoms with Gasteiger partial charge in [0, 0.05) is 13.6 Å². The first-order valence-corrected chi connectivity index (χ1v) is 9.57. The summed E-state index contributed by atoms with van der Waals surface area (Å²) in [6.07, 6.45) is 1.17. The van der Waals surface area contributed by atoms with E-state index in [1.54, 1.807) is 13.0 Å². The molecule has 3 N–H and O–H groups in total. The molecule has 1 aliphatic rings. The highest BCUT2D eigenvalue weighted by atomic mass is 16.6. The Morgan fingerprint density at radius 1 is 1.47 bits per heavy atom. The molecular formula is C18H26N6O6. The molecule has 1 fully saturated rings. The van der Waals surface area contributed by atoms with Crippen LogP contribution >= 0.6 is 0 Å². The van der Waals surface area contributed by atoms with Crippen LogP contribution in [0.15, 0.2) is 17.4 Å². The first kappa shape index (κ1) is 21.6. The molecule has 2 aromatic rings. The Morgan fingerprint density at radius 3 is 2.87 bits per heavy atom. The lowest BCUT2D eigenvalue weighted by molar-refractivity contribution is -0.0223. The van der Waals surface area contributed by atoms with Crippen molar-refractivity contribution in [3.05, 3.63) is 23.1 Å². The third-order valence-corrected chi connectivity index (χ3v) is 4.65. The zero-order chi connectivity index (χ0) is 21.8. The fourth-order valence-corrected chi connectivity index (χ4v) is 3.27. The van der Waals surface area contributed by atoms with Gasteiger partial charge in [0.2, 0.25) is 11.8 Å². The molecule has 0 spiro atoms. The van der Waals surface area contributed by atoms with Gasteiger partial charge in [-0.2, -0.15) is 9.97 Å². The van der Waals surface area contributed by atoms with E-state index in [0.717, 1.165) is 0 Å². The van der Waals surface area contributed by atoms with Crippen LogP contribution in [0.3, 0.4) is 0 Å². The first-order valence-electron chi connectivity index (χ1n) is 9.57. The van der Waals surface area contributed by atoms with E-state index in [4.69, 9.17) is 19.9 Å². The van der Waals surface area contributed by atoms with E-state index in [2.05, 4.69) is 16.5 Å². The number of ether oxygens (including phenoxy) is 3. The highest BCUT2D eigenvalue weighted by Gasteiger charge is 2.31. The van der Waals surface area contributed by atoms with Gasteiger partial charge in [-0.1, -0.05) is 6.08 Å². The molecule has 2 atom stereocenters. The van der Waals surface area contributed by atoms with Crippen molar-refractivity contribution >= 4 is 23.2 Å². The summed E-state index contributed by atoms with van der Waals surface area (Å²) in [5.74, 6) is -0.0550. The summed E-state index contributed by atoms with van der Waals surface area (Å²) < 4.78 is 19.2. The number of amides is 1. The van der Waals surface area contributed by atoms with Gasteiger partial charge in [-0.15, -0.1) is 6.58 Å². The highest BCUT2D eigenvalue weighted by Crippen LogP contribution is 2.31. The lowest BCUT2D eigenvalue weighted by atomic mass is 10.2. The minimum Gasteiger partial charge on any atom is -0.454 e. The number of nitrogen functional groups attached to an aromatic ring is 1. The second-order valence-corrected chi connectivity index (χ2v) is 6.75. The van der Waals surface area contributed by atoms with E-state index in [0.29, 0.717) is 18.4 Å². The maximum Gasteiger partial charge on any atom is 0.412 e. The van der Waals surface area contributed by atoms with Gasteiger partial charge in [0.25, 0.3) is 0 Å². The number of imidazole rings is 1. The van der Waals surface area contributed by atoms with Crippen LogP contribution in [0, 0.1) is 0 Å². The molecule has 0 radical (unpaired) electrons. The van der Waals surface area contributed by atoms with Gasteiger partial charge < -0.3 is 25.1 Å². The molecule has 1 aliphatic heterocycles. The van der Waals surface area contributed by atoms with E-state index in [9.17, 15) is 14.7 Å². The molecule has 30 heavy (non-hydrogen) atoms. The van der Waals surface area contributed by atoms with Crippen molar-refractivity contribution < 1.29 is 24.1 Å². The second-order valence-electron chi connectivity index (χ2n) is 6.75. The summed E-state index contributed by atoms with van der Waals surface area (Å²) in [5, 5.41) is 9.36. The molecule has 3 heterocycles. The van der Waals surface area contributed by atoms with E-state index in [1.807, 2.05) is 0 Å². The van der Waals surface area contributed by atoms with Gasteiger partial charge in [0.15, 0.2) is 17.9 Å². The van der Waals surface area contributed by atoms with Crippen molar-refractivity contribution in [1.82, 2.24) is 24.0 Å². The normalized spacial score (nSPS) is 18.5. The van der Waals surface area contributed by atoms with Crippen molar-refractivity contribution in [2.45, 2.75) is 38.6 Å². The monoisotopic (exact) mass is 422 g/mol. The number of aliphatic hydroxyl groups is 1. The van der Waals surface area contributed by atoms with Gasteiger partial charge in [-0.05, 0) is 19.8 Å². The van der Waals surface area contributed by atoms with Gasteiger partial charge in [-0.3, -0.25) is 9.47 Å². The fourth-order valence-electron chi connectivity index (χ4n) is 3.27. The van der Waals surface area contributed by atoms with Crippen LogP contribution in [0.4, 0.5) is 10.7 Å². The van der Waals surface area contributed by atoms with Crippen LogP contribution in [0.2, 0.25) is 0 Å². The van der Waals surface area contributed by atoms with Crippen molar-refractivity contribution in [2.75, 3.05) is 32.7 Å². The molecular weight excluding hydrogens is 396 g/mol. The Morgan fingerprint density at radius 2 is 2.23 bits per heavy atom. The molecule has 0 aliphatic carbocycles. The number of nitrogens with two attached hydrogens (primary N) is 1. The smallest absolute Gasteiger partial charge is 0.412 e. The number of aliphatic hydroxyl groups excluding tert-OH is 1. The summed E-state index contributed by atoms with van der Waals surface area (Å²) in [6.45, 7) is 5.48. The molecule has 12 nitrogen and oxygen atoms in total. The SMILES string of the molecule is C=CCn1c(=O)n(C2CC[C@@H](CO)O2)c2nc(N)nc(OCN(C)C(=O)OCC)c21. The predicted octanol–water partition coefficient (Wildman–Crippen LogP) is 0.456. The van der Waals surface area contributed by atoms with E-state index < -0.39 is 18.0 Å². The summed E-state index contributed by atoms with van der Waals surface area (Å²) in [6, 6.07) is 0. The number of anilines is 1. The number of allylic oxidation sites excluding steroid dienone is 1. The summed E-state index contributed by atoms with van der Waals surface area (Å²) in [5.41, 5.74) is 6.02. The molecule has 1 saturated heterocycles. The quantitative estimate of drug-likeness (QED) is 0.457. The van der Waals surface area contributed by atoms with Crippen molar-refractivity contribution in [1.29, 1.82) is 0 Å². The minimum atomic E-state index is -0.604.